The first-order valence-corrected chi connectivity index (χ1v) is 5.21. The molecule has 0 aromatic carbocycles. The van der Waals surface area contributed by atoms with Crippen molar-refractivity contribution >= 4 is 5.97 Å². The summed E-state index contributed by atoms with van der Waals surface area (Å²) in [5.41, 5.74) is 0. The number of carbonyl (C=O) groups is 1. The van der Waals surface area contributed by atoms with Crippen LogP contribution in [0.2, 0.25) is 0 Å². The van der Waals surface area contributed by atoms with E-state index < -0.39 is 11.8 Å². The van der Waals surface area contributed by atoms with Crippen molar-refractivity contribution < 1.29 is 22.8 Å². The number of carbonyl (C=O) groups excluding carboxylic acids is 1. The van der Waals surface area contributed by atoms with Gasteiger partial charge in [0.25, 0.3) is 5.89 Å². The van der Waals surface area contributed by atoms with E-state index in [1.54, 1.807) is 0 Å². The molecule has 0 spiro atoms. The van der Waals surface area contributed by atoms with Crippen LogP contribution in [0.3, 0.4) is 0 Å². The fourth-order valence-electron chi connectivity index (χ4n) is 1.19. The molecule has 0 N–H and O–H groups in total. The van der Waals surface area contributed by atoms with Gasteiger partial charge in [-0.25, -0.2) is 0 Å². The van der Waals surface area contributed by atoms with Crippen LogP contribution >= 0.6 is 0 Å². The molecule has 0 bridgehead atoms. The Balaban J connectivity index is 2.33. The summed E-state index contributed by atoms with van der Waals surface area (Å²) in [5, 5.41) is 3.44. The van der Waals surface area contributed by atoms with Crippen LogP contribution in [0.15, 0.2) is 4.52 Å². The zero-order chi connectivity index (χ0) is 12.9. The molecule has 0 atom stereocenters. The number of aromatic nitrogens is 2. The first-order valence-electron chi connectivity index (χ1n) is 5.21. The quantitative estimate of drug-likeness (QED) is 0.569. The van der Waals surface area contributed by atoms with Crippen LogP contribution in [-0.4, -0.2) is 23.2 Å². The fraction of sp³-hybridized carbons (Fsp3) is 0.700. The van der Waals surface area contributed by atoms with Crippen molar-refractivity contribution in [3.8, 4) is 0 Å². The van der Waals surface area contributed by atoms with Crippen molar-refractivity contribution in [3.05, 3.63) is 11.7 Å². The second kappa shape index (κ2) is 5.70. The summed E-state index contributed by atoms with van der Waals surface area (Å²) in [7, 11) is 1.32. The Morgan fingerprint density at radius 1 is 1.47 bits per heavy atom. The van der Waals surface area contributed by atoms with Gasteiger partial charge in [0.1, 0.15) is 0 Å². The molecule has 1 aromatic heterocycles. The summed E-state index contributed by atoms with van der Waals surface area (Å²) in [4.78, 5) is 14.4. The maximum Gasteiger partial charge on any atom is 0.322 e. The number of hydrogen-bond donors (Lipinski definition) is 0. The minimum atomic E-state index is -3.11. The molecular weight excluding hydrogens is 234 g/mol. The number of unbranched alkanes of at least 4 members (excludes halogenated alkanes) is 1. The molecule has 0 aliphatic carbocycles. The van der Waals surface area contributed by atoms with Gasteiger partial charge in [-0.1, -0.05) is 5.16 Å². The van der Waals surface area contributed by atoms with Gasteiger partial charge in [0, 0.05) is 19.8 Å². The number of aryl methyl sites for hydroxylation is 1. The molecule has 17 heavy (non-hydrogen) atoms. The molecule has 0 amide bonds. The van der Waals surface area contributed by atoms with Crippen LogP contribution in [0, 0.1) is 0 Å². The van der Waals surface area contributed by atoms with Crippen LogP contribution in [-0.2, 0) is 21.9 Å². The van der Waals surface area contributed by atoms with Crippen molar-refractivity contribution in [1.82, 2.24) is 10.1 Å². The van der Waals surface area contributed by atoms with Gasteiger partial charge in [-0.15, -0.1) is 0 Å². The maximum absolute atomic E-state index is 12.8. The van der Waals surface area contributed by atoms with E-state index in [1.807, 2.05) is 0 Å². The third kappa shape index (κ3) is 4.46. The molecule has 0 unspecified atom stereocenters. The van der Waals surface area contributed by atoms with Crippen molar-refractivity contribution in [3.63, 3.8) is 0 Å². The van der Waals surface area contributed by atoms with Gasteiger partial charge in [-0.3, -0.25) is 4.79 Å². The molecule has 7 heteroatoms. The Labute approximate surface area is 97.1 Å². The fourth-order valence-corrected chi connectivity index (χ4v) is 1.19. The number of ether oxygens (including phenoxy) is 1. The molecule has 0 fully saturated rings. The van der Waals surface area contributed by atoms with Crippen molar-refractivity contribution in [2.24, 2.45) is 0 Å². The van der Waals surface area contributed by atoms with E-state index >= 15 is 0 Å². The predicted molar refractivity (Wildman–Crippen MR) is 53.4 cm³/mol. The zero-order valence-electron chi connectivity index (χ0n) is 9.70. The normalized spacial score (nSPS) is 11.5. The van der Waals surface area contributed by atoms with Crippen LogP contribution in [0.1, 0.15) is 37.9 Å². The second-order valence-electron chi connectivity index (χ2n) is 3.69. The van der Waals surface area contributed by atoms with E-state index in [-0.39, 0.29) is 11.8 Å². The van der Waals surface area contributed by atoms with E-state index in [0.29, 0.717) is 32.6 Å². The smallest absolute Gasteiger partial charge is 0.322 e. The number of halogens is 2. The number of esters is 1. The van der Waals surface area contributed by atoms with Crippen molar-refractivity contribution in [2.45, 2.75) is 38.5 Å². The average Bonchev–Trinajstić information content (AvgIpc) is 2.72. The van der Waals surface area contributed by atoms with Crippen molar-refractivity contribution in [2.75, 3.05) is 7.11 Å². The van der Waals surface area contributed by atoms with E-state index in [9.17, 15) is 13.6 Å². The number of alkyl halides is 2. The maximum atomic E-state index is 12.8. The topological polar surface area (TPSA) is 65.2 Å². The lowest BCUT2D eigenvalue weighted by atomic mass is 10.2. The second-order valence-corrected chi connectivity index (χ2v) is 3.69. The highest BCUT2D eigenvalue weighted by molar-refractivity contribution is 5.68. The standard InChI is InChI=1S/C10H14F2N2O3/c1-10(11,12)9-13-7(14-17-9)5-3-4-6-8(15)16-2/h3-6H2,1-2H3. The van der Waals surface area contributed by atoms with Gasteiger partial charge >= 0.3 is 11.9 Å². The number of methoxy groups -OCH3 is 1. The third-order valence-corrected chi connectivity index (χ3v) is 2.10. The van der Waals surface area contributed by atoms with Crippen LogP contribution < -0.4 is 0 Å². The average molecular weight is 248 g/mol. The van der Waals surface area contributed by atoms with Gasteiger partial charge in [0.15, 0.2) is 5.82 Å². The Morgan fingerprint density at radius 3 is 2.71 bits per heavy atom. The Morgan fingerprint density at radius 2 is 2.18 bits per heavy atom. The molecule has 1 rings (SSSR count). The molecule has 0 aliphatic rings. The lowest BCUT2D eigenvalue weighted by molar-refractivity contribution is -0.140. The van der Waals surface area contributed by atoms with E-state index in [2.05, 4.69) is 19.4 Å². The molecule has 0 radical (unpaired) electrons. The summed E-state index contributed by atoms with van der Waals surface area (Å²) < 4.78 is 34.4. The van der Waals surface area contributed by atoms with E-state index in [1.165, 1.54) is 7.11 Å². The highest BCUT2D eigenvalue weighted by atomic mass is 19.3. The lowest BCUT2D eigenvalue weighted by Gasteiger charge is -2.00. The summed E-state index contributed by atoms with van der Waals surface area (Å²) >= 11 is 0. The molecular formula is C10H14F2N2O3. The summed E-state index contributed by atoms with van der Waals surface area (Å²) in [6, 6.07) is 0. The van der Waals surface area contributed by atoms with Crippen LogP contribution in [0.4, 0.5) is 8.78 Å². The molecule has 0 saturated carbocycles. The van der Waals surface area contributed by atoms with Crippen molar-refractivity contribution in [1.29, 1.82) is 0 Å². The van der Waals surface area contributed by atoms with Gasteiger partial charge in [-0.2, -0.15) is 13.8 Å². The molecule has 1 heterocycles. The number of hydrogen-bond acceptors (Lipinski definition) is 5. The van der Waals surface area contributed by atoms with Crippen LogP contribution in [0.25, 0.3) is 0 Å². The zero-order valence-corrected chi connectivity index (χ0v) is 9.70. The highest BCUT2D eigenvalue weighted by Crippen LogP contribution is 2.24. The SMILES string of the molecule is COC(=O)CCCCc1noc(C(C)(F)F)n1. The molecule has 1 aromatic rings. The summed E-state index contributed by atoms with van der Waals surface area (Å²) in [6.45, 7) is 0.696. The van der Waals surface area contributed by atoms with Crippen LogP contribution in [0.5, 0.6) is 0 Å². The highest BCUT2D eigenvalue weighted by Gasteiger charge is 2.31. The molecule has 0 aliphatic heterocycles. The Bertz CT molecular complexity index is 374. The first-order chi connectivity index (χ1) is 7.93. The van der Waals surface area contributed by atoms with Gasteiger partial charge in [0.05, 0.1) is 7.11 Å². The van der Waals surface area contributed by atoms with Gasteiger partial charge in [0.2, 0.25) is 0 Å². The summed E-state index contributed by atoms with van der Waals surface area (Å²) in [5.74, 6) is -3.86. The van der Waals surface area contributed by atoms with Gasteiger partial charge < -0.3 is 9.26 Å². The molecule has 0 saturated heterocycles. The first kappa shape index (κ1) is 13.5. The number of nitrogens with zero attached hydrogens (tertiary/aromatic N) is 2. The summed E-state index contributed by atoms with van der Waals surface area (Å²) in [6.07, 6.45) is 1.91. The predicted octanol–water partition coefficient (Wildman–Crippen LogP) is 2.07. The molecule has 96 valence electrons. The Kier molecular flexibility index (Phi) is 4.53. The van der Waals surface area contributed by atoms with Gasteiger partial charge in [-0.05, 0) is 12.8 Å². The minimum Gasteiger partial charge on any atom is -0.469 e. The molecule has 5 nitrogen and oxygen atoms in total. The third-order valence-electron chi connectivity index (χ3n) is 2.10. The van der Waals surface area contributed by atoms with E-state index in [0.717, 1.165) is 0 Å². The monoisotopic (exact) mass is 248 g/mol. The largest absolute Gasteiger partial charge is 0.469 e. The Hall–Kier alpha value is -1.53. The van der Waals surface area contributed by atoms with E-state index in [4.69, 9.17) is 0 Å². The lowest BCUT2D eigenvalue weighted by Crippen LogP contribution is -2.07. The minimum absolute atomic E-state index is 0.228. The number of rotatable bonds is 6.